The molecule has 0 amide bonds. The third-order valence-electron chi connectivity index (χ3n) is 3.31. The minimum Gasteiger partial charge on any atom is -0.475 e. The topological polar surface area (TPSA) is 63.3 Å². The Morgan fingerprint density at radius 3 is 2.21 bits per heavy atom. The van der Waals surface area contributed by atoms with Gasteiger partial charge in [0.1, 0.15) is 0 Å². The lowest BCUT2D eigenvalue weighted by Gasteiger charge is -2.08. The molecule has 1 aliphatic carbocycles. The molecule has 0 saturated heterocycles. The maximum atomic E-state index is 12.7. The fourth-order valence-electron chi connectivity index (χ4n) is 2.37. The van der Waals surface area contributed by atoms with E-state index in [-0.39, 0.29) is 11.8 Å². The smallest absolute Gasteiger partial charge is 0.437 e. The summed E-state index contributed by atoms with van der Waals surface area (Å²) in [5.74, 6) is -3.14. The van der Waals surface area contributed by atoms with Crippen molar-refractivity contribution in [3.8, 4) is 0 Å². The second kappa shape index (κ2) is 5.22. The number of alkyl halides is 3. The van der Waals surface area contributed by atoms with E-state index in [0.717, 1.165) is 25.7 Å². The highest BCUT2D eigenvalue weighted by molar-refractivity contribution is 5.85. The Balaban J connectivity index is 2.34. The van der Waals surface area contributed by atoms with Crippen molar-refractivity contribution in [3.63, 3.8) is 0 Å². The summed E-state index contributed by atoms with van der Waals surface area (Å²) >= 11 is 0. The Morgan fingerprint density at radius 1 is 1.21 bits per heavy atom. The zero-order chi connectivity index (χ0) is 14.0. The number of hydrogen-bond donors (Lipinski definition) is 1. The Kier molecular flexibility index (Phi) is 3.82. The highest BCUT2D eigenvalue weighted by Crippen LogP contribution is 2.37. The summed E-state index contributed by atoms with van der Waals surface area (Å²) in [5.41, 5.74) is -1.43. The molecule has 2 rings (SSSR count). The van der Waals surface area contributed by atoms with E-state index in [4.69, 9.17) is 9.52 Å². The molecule has 1 heterocycles. The predicted molar refractivity (Wildman–Crippen MR) is 58.9 cm³/mol. The zero-order valence-electron chi connectivity index (χ0n) is 10.2. The fourth-order valence-corrected chi connectivity index (χ4v) is 2.37. The van der Waals surface area contributed by atoms with E-state index in [1.807, 2.05) is 0 Å². The van der Waals surface area contributed by atoms with Crippen LogP contribution in [0.5, 0.6) is 0 Å². The number of nitrogens with zero attached hydrogens (tertiary/aromatic N) is 1. The van der Waals surface area contributed by atoms with Gasteiger partial charge in [0.05, 0.1) is 0 Å². The molecular weight excluding hydrogens is 263 g/mol. The van der Waals surface area contributed by atoms with Crippen LogP contribution in [0.25, 0.3) is 0 Å². The summed E-state index contributed by atoms with van der Waals surface area (Å²) in [6.45, 7) is 0. The van der Waals surface area contributed by atoms with Gasteiger partial charge >= 0.3 is 12.1 Å². The van der Waals surface area contributed by atoms with Crippen molar-refractivity contribution in [2.45, 2.75) is 50.6 Å². The number of rotatable bonds is 2. The van der Waals surface area contributed by atoms with Gasteiger partial charge in [-0.25, -0.2) is 9.78 Å². The van der Waals surface area contributed by atoms with Crippen molar-refractivity contribution in [1.82, 2.24) is 4.98 Å². The number of carboxylic acid groups (broad SMARTS) is 1. The first-order valence-electron chi connectivity index (χ1n) is 6.21. The molecule has 1 aromatic rings. The first-order chi connectivity index (χ1) is 8.89. The molecule has 0 aliphatic heterocycles. The van der Waals surface area contributed by atoms with E-state index in [9.17, 15) is 18.0 Å². The van der Waals surface area contributed by atoms with Gasteiger partial charge in [-0.3, -0.25) is 0 Å². The van der Waals surface area contributed by atoms with Gasteiger partial charge in [0.2, 0.25) is 5.76 Å². The van der Waals surface area contributed by atoms with Crippen molar-refractivity contribution in [2.24, 2.45) is 0 Å². The number of carbonyl (C=O) groups is 1. The van der Waals surface area contributed by atoms with Crippen molar-refractivity contribution in [1.29, 1.82) is 0 Å². The number of aromatic nitrogens is 1. The van der Waals surface area contributed by atoms with Gasteiger partial charge in [-0.15, -0.1) is 0 Å². The van der Waals surface area contributed by atoms with Crippen molar-refractivity contribution < 1.29 is 27.5 Å². The van der Waals surface area contributed by atoms with Crippen molar-refractivity contribution >= 4 is 5.97 Å². The van der Waals surface area contributed by atoms with Gasteiger partial charge in [-0.2, -0.15) is 13.2 Å². The molecule has 1 N–H and O–H groups in total. The first kappa shape index (κ1) is 13.9. The molecular formula is C12H14F3NO3. The Hall–Kier alpha value is -1.53. The van der Waals surface area contributed by atoms with Crippen LogP contribution >= 0.6 is 0 Å². The molecule has 0 radical (unpaired) electrons. The van der Waals surface area contributed by atoms with Gasteiger partial charge in [-0.05, 0) is 12.8 Å². The second-order valence-electron chi connectivity index (χ2n) is 4.72. The highest BCUT2D eigenvalue weighted by Gasteiger charge is 2.42. The maximum Gasteiger partial charge on any atom is 0.437 e. The van der Waals surface area contributed by atoms with Crippen molar-refractivity contribution in [3.05, 3.63) is 17.3 Å². The second-order valence-corrected chi connectivity index (χ2v) is 4.72. The molecule has 0 unspecified atom stereocenters. The molecule has 0 atom stereocenters. The first-order valence-corrected chi connectivity index (χ1v) is 6.21. The Labute approximate surface area is 107 Å². The van der Waals surface area contributed by atoms with E-state index in [1.165, 1.54) is 0 Å². The van der Waals surface area contributed by atoms with Crippen LogP contribution in [0.4, 0.5) is 13.2 Å². The number of oxazole rings is 1. The van der Waals surface area contributed by atoms with Gasteiger partial charge < -0.3 is 9.52 Å². The SMILES string of the molecule is O=C(O)c1oc(C2CCCCCC2)nc1C(F)(F)F. The molecule has 19 heavy (non-hydrogen) atoms. The third kappa shape index (κ3) is 3.08. The summed E-state index contributed by atoms with van der Waals surface area (Å²) in [7, 11) is 0. The van der Waals surface area contributed by atoms with Gasteiger partial charge in [0.15, 0.2) is 11.6 Å². The van der Waals surface area contributed by atoms with E-state index in [0.29, 0.717) is 12.8 Å². The van der Waals surface area contributed by atoms with Crippen LogP contribution < -0.4 is 0 Å². The molecule has 0 bridgehead atoms. The molecule has 1 fully saturated rings. The third-order valence-corrected chi connectivity index (χ3v) is 3.31. The van der Waals surface area contributed by atoms with Crippen LogP contribution in [-0.2, 0) is 6.18 Å². The minimum atomic E-state index is -4.81. The average Bonchev–Trinajstić information content (AvgIpc) is 2.60. The lowest BCUT2D eigenvalue weighted by molar-refractivity contribution is -0.141. The monoisotopic (exact) mass is 277 g/mol. The number of carboxylic acids is 1. The van der Waals surface area contributed by atoms with Crippen LogP contribution in [0.15, 0.2) is 4.42 Å². The lowest BCUT2D eigenvalue weighted by Crippen LogP contribution is -2.11. The molecule has 0 spiro atoms. The molecule has 1 aromatic heterocycles. The zero-order valence-corrected chi connectivity index (χ0v) is 10.2. The molecule has 1 aliphatic rings. The van der Waals surface area contributed by atoms with Crippen molar-refractivity contribution in [2.75, 3.05) is 0 Å². The molecule has 4 nitrogen and oxygen atoms in total. The number of aromatic carboxylic acids is 1. The predicted octanol–water partition coefficient (Wildman–Crippen LogP) is 3.83. The van der Waals surface area contributed by atoms with E-state index in [2.05, 4.69) is 4.98 Å². The van der Waals surface area contributed by atoms with Gasteiger partial charge in [0, 0.05) is 5.92 Å². The summed E-state index contributed by atoms with van der Waals surface area (Å²) < 4.78 is 42.9. The van der Waals surface area contributed by atoms with Gasteiger partial charge in [0.25, 0.3) is 0 Å². The highest BCUT2D eigenvalue weighted by atomic mass is 19.4. The van der Waals surface area contributed by atoms with Crippen LogP contribution in [-0.4, -0.2) is 16.1 Å². The standard InChI is InChI=1S/C12H14F3NO3/c13-12(14,15)9-8(11(17)18)19-10(16-9)7-5-3-1-2-4-6-7/h7H,1-6H2,(H,17,18). The quantitative estimate of drug-likeness (QED) is 0.834. The summed E-state index contributed by atoms with van der Waals surface area (Å²) in [4.78, 5) is 14.2. The molecule has 0 aromatic carbocycles. The van der Waals surface area contributed by atoms with E-state index in [1.54, 1.807) is 0 Å². The number of hydrogen-bond acceptors (Lipinski definition) is 3. The molecule has 1 saturated carbocycles. The Bertz CT molecular complexity index is 459. The summed E-state index contributed by atoms with van der Waals surface area (Å²) in [6, 6.07) is 0. The van der Waals surface area contributed by atoms with E-state index >= 15 is 0 Å². The lowest BCUT2D eigenvalue weighted by atomic mass is 10.0. The average molecular weight is 277 g/mol. The Morgan fingerprint density at radius 2 is 1.79 bits per heavy atom. The van der Waals surface area contributed by atoms with Crippen LogP contribution in [0.2, 0.25) is 0 Å². The summed E-state index contributed by atoms with van der Waals surface area (Å²) in [5, 5.41) is 8.76. The van der Waals surface area contributed by atoms with Crippen LogP contribution in [0, 0.1) is 0 Å². The molecule has 106 valence electrons. The minimum absolute atomic E-state index is 0.0911. The fraction of sp³-hybridized carbons (Fsp3) is 0.667. The normalized spacial score (nSPS) is 18.3. The van der Waals surface area contributed by atoms with Gasteiger partial charge in [-0.1, -0.05) is 25.7 Å². The summed E-state index contributed by atoms with van der Waals surface area (Å²) in [6.07, 6.45) is 0.450. The molecule has 7 heteroatoms. The number of halogens is 3. The van der Waals surface area contributed by atoms with E-state index < -0.39 is 23.6 Å². The largest absolute Gasteiger partial charge is 0.475 e. The van der Waals surface area contributed by atoms with Crippen LogP contribution in [0.3, 0.4) is 0 Å². The van der Waals surface area contributed by atoms with Crippen LogP contribution in [0.1, 0.15) is 66.6 Å². The maximum absolute atomic E-state index is 12.7.